The van der Waals surface area contributed by atoms with E-state index in [1.54, 1.807) is 12.1 Å². The van der Waals surface area contributed by atoms with E-state index >= 15 is 0 Å². The molecular formula is C27H36N4O6S. The van der Waals surface area contributed by atoms with Crippen molar-refractivity contribution in [2.24, 2.45) is 0 Å². The molecule has 38 heavy (non-hydrogen) atoms. The molecule has 0 bridgehead atoms. The molecule has 2 fully saturated rings. The topological polar surface area (TPSA) is 91.9 Å². The van der Waals surface area contributed by atoms with Crippen molar-refractivity contribution in [3.63, 3.8) is 0 Å². The Morgan fingerprint density at radius 3 is 2.58 bits per heavy atom. The average molecular weight is 545 g/mol. The van der Waals surface area contributed by atoms with Crippen LogP contribution in [0.3, 0.4) is 0 Å². The minimum absolute atomic E-state index is 0.0668. The second kappa shape index (κ2) is 11.0. The van der Waals surface area contributed by atoms with Gasteiger partial charge in [0.15, 0.2) is 0 Å². The highest BCUT2D eigenvalue weighted by molar-refractivity contribution is 7.89. The van der Waals surface area contributed by atoms with E-state index in [9.17, 15) is 13.2 Å². The molecule has 0 N–H and O–H groups in total. The average Bonchev–Trinajstić information content (AvgIpc) is 3.40. The lowest BCUT2D eigenvalue weighted by Gasteiger charge is -2.33. The summed E-state index contributed by atoms with van der Waals surface area (Å²) in [6.45, 7) is 6.43. The molecule has 1 amide bonds. The summed E-state index contributed by atoms with van der Waals surface area (Å²) in [6.07, 6.45) is 1.21. The second-order valence-corrected chi connectivity index (χ2v) is 11.8. The lowest BCUT2D eigenvalue weighted by Crippen LogP contribution is -2.47. The Balaban J connectivity index is 1.42. The van der Waals surface area contributed by atoms with Crippen LogP contribution in [0.25, 0.3) is 0 Å². The van der Waals surface area contributed by atoms with Gasteiger partial charge in [0, 0.05) is 57.3 Å². The van der Waals surface area contributed by atoms with Gasteiger partial charge in [-0.2, -0.15) is 4.31 Å². The number of anilines is 2. The highest BCUT2D eigenvalue weighted by Gasteiger charge is 2.32. The van der Waals surface area contributed by atoms with Crippen LogP contribution in [0.15, 0.2) is 41.3 Å². The number of ether oxygens (including phenoxy) is 3. The molecule has 2 saturated heterocycles. The maximum atomic E-state index is 13.6. The second-order valence-electron chi connectivity index (χ2n) is 9.89. The van der Waals surface area contributed by atoms with E-state index in [1.807, 2.05) is 43.1 Å². The molecule has 10 nitrogen and oxygen atoms in total. The third kappa shape index (κ3) is 5.27. The van der Waals surface area contributed by atoms with Crippen LogP contribution in [0.2, 0.25) is 0 Å². The number of piperazine rings is 1. The number of fused-ring (bicyclic) bond motifs is 1. The number of hydrogen-bond acceptors (Lipinski definition) is 8. The van der Waals surface area contributed by atoms with Crippen LogP contribution in [-0.4, -0.2) is 101 Å². The van der Waals surface area contributed by atoms with E-state index in [1.165, 1.54) is 11.4 Å². The van der Waals surface area contributed by atoms with Crippen molar-refractivity contribution in [1.82, 2.24) is 14.1 Å². The Bertz CT molecular complexity index is 1280. The number of likely N-dealkylation sites (N-methyl/N-ethyl adjacent to an activating group) is 1. The SMILES string of the molecule is CCC(=O)N1CC[C@H](Oc2ccc3c(c2)N(c2ccc(OC)c(S(=O)(=O)N4CCN(C)CC4)c2)CCO3)C1. The van der Waals surface area contributed by atoms with Gasteiger partial charge in [-0.25, -0.2) is 8.42 Å². The zero-order valence-corrected chi connectivity index (χ0v) is 23.1. The first-order chi connectivity index (χ1) is 18.3. The minimum Gasteiger partial charge on any atom is -0.495 e. The number of likely N-dealkylation sites (tertiary alicyclic amines) is 1. The first kappa shape index (κ1) is 26.6. The summed E-state index contributed by atoms with van der Waals surface area (Å²) < 4.78 is 46.4. The van der Waals surface area contributed by atoms with Crippen LogP contribution in [0.5, 0.6) is 17.2 Å². The largest absolute Gasteiger partial charge is 0.495 e. The molecule has 206 valence electrons. The van der Waals surface area contributed by atoms with Gasteiger partial charge in [-0.15, -0.1) is 0 Å². The molecule has 0 radical (unpaired) electrons. The van der Waals surface area contributed by atoms with E-state index in [0.717, 1.165) is 17.8 Å². The molecular weight excluding hydrogens is 508 g/mol. The van der Waals surface area contributed by atoms with Gasteiger partial charge in [-0.05, 0) is 37.4 Å². The Kier molecular flexibility index (Phi) is 7.69. The molecule has 2 aromatic carbocycles. The maximum absolute atomic E-state index is 13.6. The zero-order chi connectivity index (χ0) is 26.9. The van der Waals surface area contributed by atoms with E-state index < -0.39 is 10.0 Å². The van der Waals surface area contributed by atoms with Crippen molar-refractivity contribution in [3.05, 3.63) is 36.4 Å². The van der Waals surface area contributed by atoms with Gasteiger partial charge in [-0.1, -0.05) is 6.92 Å². The van der Waals surface area contributed by atoms with Gasteiger partial charge in [0.1, 0.15) is 34.9 Å². The van der Waals surface area contributed by atoms with Crippen LogP contribution in [0.1, 0.15) is 19.8 Å². The van der Waals surface area contributed by atoms with Gasteiger partial charge < -0.3 is 28.9 Å². The number of nitrogens with zero attached hydrogens (tertiary/aromatic N) is 4. The quantitative estimate of drug-likeness (QED) is 0.525. The fourth-order valence-corrected chi connectivity index (χ4v) is 6.81. The van der Waals surface area contributed by atoms with Crippen molar-refractivity contribution in [3.8, 4) is 17.2 Å². The monoisotopic (exact) mass is 544 g/mol. The van der Waals surface area contributed by atoms with Crippen molar-refractivity contribution < 1.29 is 27.4 Å². The van der Waals surface area contributed by atoms with E-state index in [2.05, 4.69) is 9.80 Å². The van der Waals surface area contributed by atoms with Gasteiger partial charge in [-0.3, -0.25) is 4.79 Å². The number of carbonyl (C=O) groups excluding carboxylic acids is 1. The van der Waals surface area contributed by atoms with Gasteiger partial charge >= 0.3 is 0 Å². The van der Waals surface area contributed by atoms with Crippen LogP contribution >= 0.6 is 0 Å². The number of hydrogen-bond donors (Lipinski definition) is 0. The third-order valence-corrected chi connectivity index (χ3v) is 9.36. The molecule has 2 aromatic rings. The van der Waals surface area contributed by atoms with E-state index in [-0.39, 0.29) is 16.9 Å². The van der Waals surface area contributed by atoms with Crippen LogP contribution in [0, 0.1) is 0 Å². The smallest absolute Gasteiger partial charge is 0.246 e. The lowest BCUT2D eigenvalue weighted by molar-refractivity contribution is -0.130. The molecule has 11 heteroatoms. The van der Waals surface area contributed by atoms with Crippen molar-refractivity contribution in [2.45, 2.75) is 30.8 Å². The first-order valence-electron chi connectivity index (χ1n) is 13.2. The van der Waals surface area contributed by atoms with Crippen LogP contribution in [-0.2, 0) is 14.8 Å². The molecule has 0 saturated carbocycles. The number of amides is 1. The summed E-state index contributed by atoms with van der Waals surface area (Å²) in [5.41, 5.74) is 1.54. The fourth-order valence-electron chi connectivity index (χ4n) is 5.21. The standard InChI is InChI=1S/C27H36N4O6S/c1-4-27(32)29-10-9-22(19-29)37-21-6-8-24-23(18-21)31(15-16-36-24)20-5-7-25(35-3)26(17-20)38(33,34)30-13-11-28(2)12-14-30/h5-8,17-18,22H,4,9-16,19H2,1-3H3/t22-/m0/s1. The molecule has 1 atom stereocenters. The Labute approximate surface area is 224 Å². The summed E-state index contributed by atoms with van der Waals surface area (Å²) in [7, 11) is -0.256. The number of benzene rings is 2. The van der Waals surface area contributed by atoms with Crippen LogP contribution in [0.4, 0.5) is 11.4 Å². The maximum Gasteiger partial charge on any atom is 0.246 e. The minimum atomic E-state index is -3.74. The van der Waals surface area contributed by atoms with E-state index in [4.69, 9.17) is 14.2 Å². The predicted molar refractivity (Wildman–Crippen MR) is 144 cm³/mol. The summed E-state index contributed by atoms with van der Waals surface area (Å²) in [6, 6.07) is 11.0. The lowest BCUT2D eigenvalue weighted by atomic mass is 10.2. The van der Waals surface area contributed by atoms with Crippen molar-refractivity contribution >= 4 is 27.3 Å². The summed E-state index contributed by atoms with van der Waals surface area (Å²) in [5.74, 6) is 1.86. The number of rotatable bonds is 7. The summed E-state index contributed by atoms with van der Waals surface area (Å²) in [5, 5.41) is 0. The normalized spacial score (nSPS) is 20.7. The number of sulfonamides is 1. The molecule has 5 rings (SSSR count). The van der Waals surface area contributed by atoms with Crippen LogP contribution < -0.4 is 19.1 Å². The fraction of sp³-hybridized carbons (Fsp3) is 0.519. The molecule has 3 aliphatic rings. The van der Waals surface area contributed by atoms with Gasteiger partial charge in [0.2, 0.25) is 15.9 Å². The molecule has 0 aliphatic carbocycles. The molecule has 0 unspecified atom stereocenters. The zero-order valence-electron chi connectivity index (χ0n) is 22.3. The number of carbonyl (C=O) groups is 1. The van der Waals surface area contributed by atoms with Crippen molar-refractivity contribution in [2.75, 3.05) is 71.5 Å². The molecule has 0 spiro atoms. The highest BCUT2D eigenvalue weighted by Crippen LogP contribution is 2.41. The van der Waals surface area contributed by atoms with Crippen molar-refractivity contribution in [1.29, 1.82) is 0 Å². The highest BCUT2D eigenvalue weighted by atomic mass is 32.2. The molecule has 0 aromatic heterocycles. The molecule has 3 heterocycles. The number of methoxy groups -OCH3 is 1. The third-order valence-electron chi connectivity index (χ3n) is 7.44. The summed E-state index contributed by atoms with van der Waals surface area (Å²) >= 11 is 0. The first-order valence-corrected chi connectivity index (χ1v) is 14.6. The Morgan fingerprint density at radius 2 is 1.84 bits per heavy atom. The Hall–Kier alpha value is -3.02. The summed E-state index contributed by atoms with van der Waals surface area (Å²) in [4.78, 5) is 18.2. The Morgan fingerprint density at radius 1 is 1.05 bits per heavy atom. The molecule has 3 aliphatic heterocycles. The van der Waals surface area contributed by atoms with E-state index in [0.29, 0.717) is 76.1 Å². The predicted octanol–water partition coefficient (Wildman–Crippen LogP) is 2.55. The van der Waals surface area contributed by atoms with Gasteiger partial charge in [0.05, 0.1) is 25.9 Å². The van der Waals surface area contributed by atoms with Gasteiger partial charge in [0.25, 0.3) is 0 Å².